The molecule has 0 aliphatic rings. The minimum absolute atomic E-state index is 0.0731. The second kappa shape index (κ2) is 8.44. The van der Waals surface area contributed by atoms with Crippen LogP contribution in [0, 0.1) is 6.92 Å². The minimum Gasteiger partial charge on any atom is -0.416 e. The van der Waals surface area contributed by atoms with E-state index in [1.54, 1.807) is 31.2 Å². The highest BCUT2D eigenvalue weighted by molar-refractivity contribution is 7.99. The predicted molar refractivity (Wildman–Crippen MR) is 105 cm³/mol. The Morgan fingerprint density at radius 3 is 2.71 bits per heavy atom. The van der Waals surface area contributed by atoms with Gasteiger partial charge in [0.1, 0.15) is 0 Å². The van der Waals surface area contributed by atoms with Gasteiger partial charge >= 0.3 is 5.69 Å². The summed E-state index contributed by atoms with van der Waals surface area (Å²) in [5, 5.41) is 11.3. The summed E-state index contributed by atoms with van der Waals surface area (Å²) in [6.07, 6.45) is 0.0832. The van der Waals surface area contributed by atoms with Crippen molar-refractivity contribution < 1.29 is 9.21 Å². The van der Waals surface area contributed by atoms with E-state index in [4.69, 9.17) is 16.0 Å². The Labute approximate surface area is 168 Å². The number of nitrogens with zero attached hydrogens (tertiary/aromatic N) is 3. The Balaban J connectivity index is 1.61. The number of rotatable bonds is 6. The molecule has 0 unspecified atom stereocenters. The molecule has 0 spiro atoms. The highest BCUT2D eigenvalue weighted by Gasteiger charge is 2.15. The van der Waals surface area contributed by atoms with E-state index in [1.165, 1.54) is 7.05 Å². The number of carbonyl (C=O) groups is 1. The molecule has 0 fully saturated rings. The Hall–Kier alpha value is -2.85. The number of hydrogen-bond acceptors (Lipinski definition) is 7. The number of aromatic nitrogens is 4. The van der Waals surface area contributed by atoms with Crippen molar-refractivity contribution in [2.75, 3.05) is 11.1 Å². The van der Waals surface area contributed by atoms with E-state index >= 15 is 0 Å². The maximum Gasteiger partial charge on any atom is 0.328 e. The average molecular weight is 422 g/mol. The summed E-state index contributed by atoms with van der Waals surface area (Å²) in [5.41, 5.74) is 0.534. The second-order valence-electron chi connectivity index (χ2n) is 5.88. The summed E-state index contributed by atoms with van der Waals surface area (Å²) in [7, 11) is 1.39. The Kier molecular flexibility index (Phi) is 6.00. The van der Waals surface area contributed by atoms with Crippen LogP contribution < -0.4 is 16.6 Å². The zero-order chi connectivity index (χ0) is 20.3. The van der Waals surface area contributed by atoms with Crippen molar-refractivity contribution in [3.05, 3.63) is 67.3 Å². The average Bonchev–Trinajstić information content (AvgIpc) is 3.11. The molecule has 0 saturated carbocycles. The van der Waals surface area contributed by atoms with Crippen LogP contribution in [-0.2, 0) is 18.3 Å². The van der Waals surface area contributed by atoms with Crippen LogP contribution >= 0.6 is 23.4 Å². The van der Waals surface area contributed by atoms with Gasteiger partial charge < -0.3 is 14.7 Å². The van der Waals surface area contributed by atoms with Gasteiger partial charge in [0, 0.05) is 29.0 Å². The van der Waals surface area contributed by atoms with Crippen LogP contribution in [-0.4, -0.2) is 31.4 Å². The van der Waals surface area contributed by atoms with Gasteiger partial charge in [-0.15, -0.1) is 10.2 Å². The fraction of sp³-hybridized carbons (Fsp3) is 0.235. The number of H-pyrrole nitrogens is 1. The molecule has 0 bridgehead atoms. The normalized spacial score (nSPS) is 10.8. The van der Waals surface area contributed by atoms with Crippen molar-refractivity contribution in [3.8, 4) is 0 Å². The molecule has 0 atom stereocenters. The van der Waals surface area contributed by atoms with Crippen molar-refractivity contribution in [2.24, 2.45) is 7.05 Å². The summed E-state index contributed by atoms with van der Waals surface area (Å²) < 4.78 is 6.47. The molecular formula is C17H16ClN5O4S. The number of thioether (sulfide) groups is 1. The lowest BCUT2D eigenvalue weighted by molar-refractivity contribution is -0.113. The van der Waals surface area contributed by atoms with Crippen LogP contribution in [0.1, 0.15) is 17.1 Å². The first kappa shape index (κ1) is 19.9. The van der Waals surface area contributed by atoms with Gasteiger partial charge in [-0.1, -0.05) is 23.4 Å². The molecule has 1 amide bonds. The molecule has 2 N–H and O–H groups in total. The number of nitrogens with one attached hydrogen (secondary N) is 2. The minimum atomic E-state index is -0.486. The van der Waals surface area contributed by atoms with E-state index in [0.29, 0.717) is 22.0 Å². The number of benzene rings is 1. The monoisotopic (exact) mass is 421 g/mol. The van der Waals surface area contributed by atoms with Crippen LogP contribution in [0.15, 0.2) is 43.5 Å². The molecule has 3 aromatic rings. The van der Waals surface area contributed by atoms with E-state index in [2.05, 4.69) is 20.5 Å². The van der Waals surface area contributed by atoms with Gasteiger partial charge in [0.15, 0.2) is 0 Å². The summed E-state index contributed by atoms with van der Waals surface area (Å²) >= 11 is 6.88. The van der Waals surface area contributed by atoms with Crippen LogP contribution in [0.5, 0.6) is 0 Å². The lowest BCUT2D eigenvalue weighted by Gasteiger charge is -2.04. The fourth-order valence-corrected chi connectivity index (χ4v) is 3.07. The molecule has 9 nitrogen and oxygen atoms in total. The summed E-state index contributed by atoms with van der Waals surface area (Å²) in [6, 6.07) is 6.75. The Morgan fingerprint density at radius 1 is 1.29 bits per heavy atom. The number of carbonyl (C=O) groups excluding carboxylic acids is 1. The van der Waals surface area contributed by atoms with Crippen molar-refractivity contribution in [3.63, 3.8) is 0 Å². The number of anilines is 1. The van der Waals surface area contributed by atoms with Gasteiger partial charge in [0.2, 0.25) is 11.8 Å². The number of aromatic amines is 1. The molecule has 11 heteroatoms. The van der Waals surface area contributed by atoms with Crippen LogP contribution in [0.3, 0.4) is 0 Å². The summed E-state index contributed by atoms with van der Waals surface area (Å²) in [4.78, 5) is 38.4. The predicted octanol–water partition coefficient (Wildman–Crippen LogP) is 1.74. The molecule has 0 aliphatic carbocycles. The van der Waals surface area contributed by atoms with Crippen molar-refractivity contribution >= 4 is 35.0 Å². The SMILES string of the molecule is Cc1[nH]c(=O)n(C)c(=O)c1Cc1nnc(SCC(=O)Nc2ccc(Cl)cc2)o1. The van der Waals surface area contributed by atoms with Gasteiger partial charge in [-0.3, -0.25) is 14.2 Å². The van der Waals surface area contributed by atoms with Crippen LogP contribution in [0.4, 0.5) is 5.69 Å². The van der Waals surface area contributed by atoms with Crippen LogP contribution in [0.25, 0.3) is 0 Å². The van der Waals surface area contributed by atoms with Gasteiger partial charge in [-0.25, -0.2) is 4.79 Å². The van der Waals surface area contributed by atoms with Gasteiger partial charge in [-0.2, -0.15) is 0 Å². The highest BCUT2D eigenvalue weighted by Crippen LogP contribution is 2.19. The van der Waals surface area contributed by atoms with Crippen LogP contribution in [0.2, 0.25) is 5.02 Å². The smallest absolute Gasteiger partial charge is 0.328 e. The fourth-order valence-electron chi connectivity index (χ4n) is 2.36. The second-order valence-corrected chi connectivity index (χ2v) is 7.24. The first-order valence-electron chi connectivity index (χ1n) is 8.13. The quantitative estimate of drug-likeness (QED) is 0.581. The third kappa shape index (κ3) is 4.70. The van der Waals surface area contributed by atoms with Gasteiger partial charge in [0.05, 0.1) is 12.2 Å². The lowest BCUT2D eigenvalue weighted by atomic mass is 10.2. The molecule has 146 valence electrons. The Morgan fingerprint density at radius 2 is 2.00 bits per heavy atom. The van der Waals surface area contributed by atoms with Crippen molar-refractivity contribution in [2.45, 2.75) is 18.6 Å². The van der Waals surface area contributed by atoms with E-state index in [9.17, 15) is 14.4 Å². The number of halogens is 1. The third-order valence-electron chi connectivity index (χ3n) is 3.85. The van der Waals surface area contributed by atoms with E-state index in [0.717, 1.165) is 16.3 Å². The first-order valence-corrected chi connectivity index (χ1v) is 9.49. The van der Waals surface area contributed by atoms with Crippen molar-refractivity contribution in [1.29, 1.82) is 0 Å². The number of aryl methyl sites for hydroxylation is 1. The molecule has 3 rings (SSSR count). The standard InChI is InChI=1S/C17H16ClN5O4S/c1-9-12(15(25)23(2)16(26)19-9)7-14-21-22-17(27-14)28-8-13(24)20-11-5-3-10(18)4-6-11/h3-6H,7-8H2,1-2H3,(H,19,26)(H,20,24). The van der Waals surface area contributed by atoms with Gasteiger partial charge in [-0.05, 0) is 31.2 Å². The molecule has 0 aliphatic heterocycles. The van der Waals surface area contributed by atoms with E-state index in [-0.39, 0.29) is 29.2 Å². The highest BCUT2D eigenvalue weighted by atomic mass is 35.5. The lowest BCUT2D eigenvalue weighted by Crippen LogP contribution is -2.36. The molecule has 2 heterocycles. The molecule has 1 aromatic carbocycles. The van der Waals surface area contributed by atoms with Gasteiger partial charge in [0.25, 0.3) is 10.8 Å². The molecular weight excluding hydrogens is 406 g/mol. The maximum atomic E-state index is 12.2. The number of hydrogen-bond donors (Lipinski definition) is 2. The van der Waals surface area contributed by atoms with E-state index < -0.39 is 11.2 Å². The van der Waals surface area contributed by atoms with Crippen molar-refractivity contribution in [1.82, 2.24) is 19.7 Å². The zero-order valence-corrected chi connectivity index (χ0v) is 16.6. The van der Waals surface area contributed by atoms with E-state index in [1.807, 2.05) is 0 Å². The molecule has 0 saturated heterocycles. The topological polar surface area (TPSA) is 123 Å². The molecule has 28 heavy (non-hydrogen) atoms. The summed E-state index contributed by atoms with van der Waals surface area (Å²) in [6.45, 7) is 1.63. The molecule has 2 aromatic heterocycles. The third-order valence-corrected chi connectivity index (χ3v) is 4.92. The molecule has 0 radical (unpaired) electrons. The zero-order valence-electron chi connectivity index (χ0n) is 15.0. The maximum absolute atomic E-state index is 12.2. The largest absolute Gasteiger partial charge is 0.416 e. The Bertz CT molecular complexity index is 1120. The first-order chi connectivity index (χ1) is 13.3. The summed E-state index contributed by atoms with van der Waals surface area (Å²) in [5.74, 6) is 0.0502. The number of amides is 1.